The molecule has 0 saturated heterocycles. The van der Waals surface area contributed by atoms with Gasteiger partial charge < -0.3 is 15.2 Å². The van der Waals surface area contributed by atoms with Crippen molar-refractivity contribution in [3.05, 3.63) is 35.4 Å². The lowest BCUT2D eigenvalue weighted by Crippen LogP contribution is -2.09. The molecule has 0 aromatic heterocycles. The molecular formula is C11H10ClNO4. The first-order chi connectivity index (χ1) is 8.02. The number of carbonyl (C=O) groups is 2. The van der Waals surface area contributed by atoms with Crippen molar-refractivity contribution in [1.82, 2.24) is 0 Å². The van der Waals surface area contributed by atoms with Crippen LogP contribution in [0.25, 0.3) is 0 Å². The normalized spacial score (nSPS) is 10.2. The number of hydrogen-bond donors (Lipinski definition) is 2. The van der Waals surface area contributed by atoms with Crippen LogP contribution >= 0.6 is 11.6 Å². The highest BCUT2D eigenvalue weighted by atomic mass is 35.5. The van der Waals surface area contributed by atoms with Crippen LogP contribution in [0.4, 0.5) is 5.69 Å². The summed E-state index contributed by atoms with van der Waals surface area (Å²) in [4.78, 5) is 21.5. The van der Waals surface area contributed by atoms with Gasteiger partial charge in [0.05, 0.1) is 17.8 Å². The average molecular weight is 256 g/mol. The van der Waals surface area contributed by atoms with Crippen LogP contribution in [0.3, 0.4) is 0 Å². The topological polar surface area (TPSA) is 75.6 Å². The highest BCUT2D eigenvalue weighted by Gasteiger charge is 2.05. The molecule has 6 heteroatoms. The van der Waals surface area contributed by atoms with Crippen molar-refractivity contribution in [2.75, 3.05) is 12.4 Å². The van der Waals surface area contributed by atoms with E-state index in [0.29, 0.717) is 16.5 Å². The molecular weight excluding hydrogens is 246 g/mol. The zero-order chi connectivity index (χ0) is 12.8. The molecule has 1 amide bonds. The van der Waals surface area contributed by atoms with Gasteiger partial charge in [-0.2, -0.15) is 0 Å². The molecule has 1 rings (SSSR count). The van der Waals surface area contributed by atoms with Gasteiger partial charge in [-0.15, -0.1) is 0 Å². The third-order valence-electron chi connectivity index (χ3n) is 1.81. The molecule has 0 aliphatic carbocycles. The van der Waals surface area contributed by atoms with Crippen LogP contribution in [0.2, 0.25) is 5.02 Å². The van der Waals surface area contributed by atoms with Gasteiger partial charge >= 0.3 is 5.97 Å². The van der Waals surface area contributed by atoms with E-state index < -0.39 is 11.9 Å². The Bertz CT molecular complexity index is 471. The summed E-state index contributed by atoms with van der Waals surface area (Å²) in [5, 5.41) is 11.1. The summed E-state index contributed by atoms with van der Waals surface area (Å²) < 4.78 is 4.97. The lowest BCUT2D eigenvalue weighted by molar-refractivity contribution is -0.131. The summed E-state index contributed by atoms with van der Waals surface area (Å²) in [5.74, 6) is -1.24. The Balaban J connectivity index is 2.80. The maximum absolute atomic E-state index is 11.3. The van der Waals surface area contributed by atoms with Gasteiger partial charge in [0.25, 0.3) is 0 Å². The fraction of sp³-hybridized carbons (Fsp3) is 0.0909. The zero-order valence-corrected chi connectivity index (χ0v) is 9.69. The standard InChI is InChI=1S/C11H10ClNO4/c1-17-7-2-3-8(12)9(6-7)13-10(14)4-5-11(15)16/h2-6H,1H3,(H,13,14)(H,15,16). The molecule has 5 nitrogen and oxygen atoms in total. The van der Waals surface area contributed by atoms with Crippen LogP contribution in [0.5, 0.6) is 5.75 Å². The molecule has 0 aliphatic heterocycles. The van der Waals surface area contributed by atoms with E-state index in [9.17, 15) is 9.59 Å². The van der Waals surface area contributed by atoms with E-state index in [1.165, 1.54) is 13.2 Å². The summed E-state index contributed by atoms with van der Waals surface area (Å²) in [5.41, 5.74) is 0.353. The number of aliphatic carboxylic acids is 1. The summed E-state index contributed by atoms with van der Waals surface area (Å²) in [7, 11) is 1.49. The molecule has 0 heterocycles. The molecule has 0 aliphatic rings. The molecule has 90 valence electrons. The van der Waals surface area contributed by atoms with Crippen molar-refractivity contribution < 1.29 is 19.4 Å². The van der Waals surface area contributed by atoms with Crippen LogP contribution in [-0.2, 0) is 9.59 Å². The molecule has 1 aromatic rings. The molecule has 0 saturated carbocycles. The summed E-state index contributed by atoms with van der Waals surface area (Å²) >= 11 is 5.85. The molecule has 2 N–H and O–H groups in total. The molecule has 0 unspecified atom stereocenters. The van der Waals surface area contributed by atoms with Crippen molar-refractivity contribution in [3.63, 3.8) is 0 Å². The number of halogens is 1. The van der Waals surface area contributed by atoms with Crippen molar-refractivity contribution in [2.45, 2.75) is 0 Å². The number of rotatable bonds is 4. The minimum atomic E-state index is -1.20. The van der Waals surface area contributed by atoms with Gasteiger partial charge in [-0.3, -0.25) is 4.79 Å². The van der Waals surface area contributed by atoms with Gasteiger partial charge in [0.2, 0.25) is 5.91 Å². The fourth-order valence-electron chi connectivity index (χ4n) is 1.05. The molecule has 1 aromatic carbocycles. The summed E-state index contributed by atoms with van der Waals surface area (Å²) in [6.07, 6.45) is 1.64. The molecule has 0 bridgehead atoms. The van der Waals surface area contributed by atoms with E-state index in [2.05, 4.69) is 5.32 Å². The second kappa shape index (κ2) is 5.91. The number of nitrogens with one attached hydrogen (secondary N) is 1. The Labute approximate surface area is 103 Å². The van der Waals surface area contributed by atoms with Crippen LogP contribution in [-0.4, -0.2) is 24.1 Å². The summed E-state index contributed by atoms with van der Waals surface area (Å²) in [6, 6.07) is 4.75. The predicted octanol–water partition coefficient (Wildman–Crippen LogP) is 1.93. The van der Waals surface area contributed by atoms with Gasteiger partial charge in [-0.05, 0) is 12.1 Å². The maximum atomic E-state index is 11.3. The molecule has 17 heavy (non-hydrogen) atoms. The van der Waals surface area contributed by atoms with Crippen molar-refractivity contribution >= 4 is 29.2 Å². The first-order valence-electron chi connectivity index (χ1n) is 4.58. The van der Waals surface area contributed by atoms with E-state index in [1.807, 2.05) is 0 Å². The van der Waals surface area contributed by atoms with Crippen LogP contribution in [0, 0.1) is 0 Å². The second-order valence-electron chi connectivity index (χ2n) is 3.01. The van der Waals surface area contributed by atoms with Crippen molar-refractivity contribution in [2.24, 2.45) is 0 Å². The Morgan fingerprint density at radius 1 is 1.41 bits per heavy atom. The number of amides is 1. The molecule has 0 atom stereocenters. The van der Waals surface area contributed by atoms with Crippen LogP contribution < -0.4 is 10.1 Å². The van der Waals surface area contributed by atoms with E-state index in [-0.39, 0.29) is 0 Å². The molecule has 0 radical (unpaired) electrons. The largest absolute Gasteiger partial charge is 0.497 e. The lowest BCUT2D eigenvalue weighted by atomic mass is 10.3. The Hall–Kier alpha value is -2.01. The monoisotopic (exact) mass is 255 g/mol. The maximum Gasteiger partial charge on any atom is 0.328 e. The number of carboxylic acids is 1. The van der Waals surface area contributed by atoms with Gasteiger partial charge in [0.15, 0.2) is 0 Å². The number of anilines is 1. The van der Waals surface area contributed by atoms with E-state index >= 15 is 0 Å². The van der Waals surface area contributed by atoms with E-state index in [1.54, 1.807) is 12.1 Å². The van der Waals surface area contributed by atoms with Gasteiger partial charge in [-0.25, -0.2) is 4.79 Å². The van der Waals surface area contributed by atoms with Crippen molar-refractivity contribution in [1.29, 1.82) is 0 Å². The minimum absolute atomic E-state index is 0.336. The minimum Gasteiger partial charge on any atom is -0.497 e. The second-order valence-corrected chi connectivity index (χ2v) is 3.41. The number of carboxylic acid groups (broad SMARTS) is 1. The molecule has 0 spiro atoms. The Kier molecular flexibility index (Phi) is 4.54. The lowest BCUT2D eigenvalue weighted by Gasteiger charge is -2.07. The van der Waals surface area contributed by atoms with Gasteiger partial charge in [-0.1, -0.05) is 11.6 Å². The highest BCUT2D eigenvalue weighted by molar-refractivity contribution is 6.33. The van der Waals surface area contributed by atoms with Gasteiger partial charge in [0.1, 0.15) is 5.75 Å². The van der Waals surface area contributed by atoms with Gasteiger partial charge in [0, 0.05) is 18.2 Å². The number of benzene rings is 1. The number of methoxy groups -OCH3 is 1. The Morgan fingerprint density at radius 3 is 2.71 bits per heavy atom. The quantitative estimate of drug-likeness (QED) is 0.806. The summed E-state index contributed by atoms with van der Waals surface area (Å²) in [6.45, 7) is 0. The first kappa shape index (κ1) is 13.1. The third-order valence-corrected chi connectivity index (χ3v) is 2.14. The zero-order valence-electron chi connectivity index (χ0n) is 8.94. The first-order valence-corrected chi connectivity index (χ1v) is 4.96. The predicted molar refractivity (Wildman–Crippen MR) is 63.4 cm³/mol. The van der Waals surface area contributed by atoms with Crippen LogP contribution in [0.1, 0.15) is 0 Å². The Morgan fingerprint density at radius 2 is 2.12 bits per heavy atom. The number of carbonyl (C=O) groups excluding carboxylic acids is 1. The number of ether oxygens (including phenoxy) is 1. The SMILES string of the molecule is COc1ccc(Cl)c(NC(=O)C=CC(=O)O)c1. The van der Waals surface area contributed by atoms with E-state index in [4.69, 9.17) is 21.4 Å². The smallest absolute Gasteiger partial charge is 0.328 e. The van der Waals surface area contributed by atoms with E-state index in [0.717, 1.165) is 12.2 Å². The molecule has 0 fully saturated rings. The number of hydrogen-bond acceptors (Lipinski definition) is 3. The highest BCUT2D eigenvalue weighted by Crippen LogP contribution is 2.26. The van der Waals surface area contributed by atoms with Crippen molar-refractivity contribution in [3.8, 4) is 5.75 Å². The fourth-order valence-corrected chi connectivity index (χ4v) is 1.21. The third kappa shape index (κ3) is 4.16. The van der Waals surface area contributed by atoms with Crippen LogP contribution in [0.15, 0.2) is 30.4 Å². The average Bonchev–Trinajstić information content (AvgIpc) is 2.29.